The number of halogens is 1. The molecule has 2 unspecified atom stereocenters. The van der Waals surface area contributed by atoms with Crippen LogP contribution in [0.25, 0.3) is 10.9 Å². The Balaban J connectivity index is 2.33. The van der Waals surface area contributed by atoms with Gasteiger partial charge in [0.25, 0.3) is 0 Å². The van der Waals surface area contributed by atoms with Crippen molar-refractivity contribution >= 4 is 10.9 Å². The highest BCUT2D eigenvalue weighted by atomic mass is 19.1. The Morgan fingerprint density at radius 2 is 1.94 bits per heavy atom. The van der Waals surface area contributed by atoms with Crippen LogP contribution in [0.2, 0.25) is 0 Å². The van der Waals surface area contributed by atoms with Crippen LogP contribution in [0.1, 0.15) is 49.8 Å². The van der Waals surface area contributed by atoms with E-state index < -0.39 is 0 Å². The summed E-state index contributed by atoms with van der Waals surface area (Å²) in [5.74, 6) is 0.975. The van der Waals surface area contributed by atoms with E-state index in [4.69, 9.17) is 0 Å². The fraction of sp³-hybridized carbons (Fsp3) is 0.429. The highest BCUT2D eigenvalue weighted by Gasteiger charge is 2.25. The normalized spacial score (nSPS) is 24.7. The summed E-state index contributed by atoms with van der Waals surface area (Å²) in [4.78, 5) is 3.46. The molecule has 0 aliphatic heterocycles. The van der Waals surface area contributed by atoms with Crippen LogP contribution in [0.5, 0.6) is 0 Å². The summed E-state index contributed by atoms with van der Waals surface area (Å²) in [5, 5.41) is 1.08. The highest BCUT2D eigenvalue weighted by Crippen LogP contribution is 2.42. The number of fused-ring (bicyclic) bond motifs is 3. The van der Waals surface area contributed by atoms with E-state index in [0.29, 0.717) is 11.8 Å². The summed E-state index contributed by atoms with van der Waals surface area (Å²) in [7, 11) is 0. The molecule has 2 heteroatoms. The standard InChI is InChI=1S/C14H16FN/c1-8-3-4-9(2)14-13(8)11-7-10(15)5-6-12(11)16-14/h5-9,16H,3-4H2,1-2H3. The zero-order valence-electron chi connectivity index (χ0n) is 9.68. The van der Waals surface area contributed by atoms with Gasteiger partial charge >= 0.3 is 0 Å². The minimum absolute atomic E-state index is 0.139. The van der Waals surface area contributed by atoms with Crippen LogP contribution in [0.4, 0.5) is 4.39 Å². The first kappa shape index (κ1) is 9.88. The monoisotopic (exact) mass is 217 g/mol. The number of rotatable bonds is 0. The first-order valence-electron chi connectivity index (χ1n) is 5.98. The van der Waals surface area contributed by atoms with Crippen molar-refractivity contribution in [3.05, 3.63) is 35.3 Å². The van der Waals surface area contributed by atoms with Gasteiger partial charge in [-0.15, -0.1) is 0 Å². The Kier molecular flexibility index (Phi) is 2.06. The number of aromatic amines is 1. The molecule has 0 saturated carbocycles. The zero-order valence-corrected chi connectivity index (χ0v) is 9.68. The summed E-state index contributed by atoms with van der Waals surface area (Å²) in [6.07, 6.45) is 2.43. The van der Waals surface area contributed by atoms with Crippen molar-refractivity contribution in [3.63, 3.8) is 0 Å². The van der Waals surface area contributed by atoms with Gasteiger partial charge in [0.1, 0.15) is 5.82 Å². The fourth-order valence-corrected chi connectivity index (χ4v) is 2.91. The van der Waals surface area contributed by atoms with E-state index in [9.17, 15) is 4.39 Å². The third kappa shape index (κ3) is 1.29. The molecule has 1 aliphatic carbocycles. The second-order valence-corrected chi connectivity index (χ2v) is 5.02. The molecule has 0 saturated heterocycles. The van der Waals surface area contributed by atoms with Crippen LogP contribution in [-0.4, -0.2) is 4.98 Å². The van der Waals surface area contributed by atoms with Gasteiger partial charge in [-0.3, -0.25) is 0 Å². The maximum Gasteiger partial charge on any atom is 0.123 e. The van der Waals surface area contributed by atoms with E-state index in [2.05, 4.69) is 18.8 Å². The third-order valence-electron chi connectivity index (χ3n) is 3.85. The van der Waals surface area contributed by atoms with Crippen LogP contribution in [0.3, 0.4) is 0 Å². The van der Waals surface area contributed by atoms with Gasteiger partial charge in [-0.25, -0.2) is 4.39 Å². The molecule has 1 aliphatic rings. The third-order valence-corrected chi connectivity index (χ3v) is 3.85. The molecule has 3 rings (SSSR count). The Labute approximate surface area is 94.7 Å². The van der Waals surface area contributed by atoms with Gasteiger partial charge in [0.15, 0.2) is 0 Å². The molecule has 84 valence electrons. The molecular weight excluding hydrogens is 201 g/mol. The Hall–Kier alpha value is -1.31. The fourth-order valence-electron chi connectivity index (χ4n) is 2.91. The molecule has 0 amide bonds. The molecule has 1 heterocycles. The van der Waals surface area contributed by atoms with Crippen molar-refractivity contribution in [3.8, 4) is 0 Å². The second-order valence-electron chi connectivity index (χ2n) is 5.02. The lowest BCUT2D eigenvalue weighted by atomic mass is 9.81. The zero-order chi connectivity index (χ0) is 11.3. The van der Waals surface area contributed by atoms with Gasteiger partial charge < -0.3 is 4.98 Å². The average molecular weight is 217 g/mol. The van der Waals surface area contributed by atoms with Crippen molar-refractivity contribution in [2.75, 3.05) is 0 Å². The number of H-pyrrole nitrogens is 1. The first-order valence-corrected chi connectivity index (χ1v) is 5.98. The number of hydrogen-bond acceptors (Lipinski definition) is 0. The van der Waals surface area contributed by atoms with Gasteiger partial charge in [-0.2, -0.15) is 0 Å². The molecule has 1 aromatic heterocycles. The Bertz CT molecular complexity index is 541. The molecule has 1 N–H and O–H groups in total. The topological polar surface area (TPSA) is 15.8 Å². The minimum atomic E-state index is -0.139. The van der Waals surface area contributed by atoms with Gasteiger partial charge in [0.05, 0.1) is 0 Å². The first-order chi connectivity index (χ1) is 7.66. The SMILES string of the molecule is CC1CCC(C)c2c1[nH]c1ccc(F)cc21. The summed E-state index contributed by atoms with van der Waals surface area (Å²) in [6, 6.07) is 5.04. The summed E-state index contributed by atoms with van der Waals surface area (Å²) < 4.78 is 13.3. The molecule has 16 heavy (non-hydrogen) atoms. The molecule has 2 atom stereocenters. The van der Waals surface area contributed by atoms with Crippen molar-refractivity contribution < 1.29 is 4.39 Å². The van der Waals surface area contributed by atoms with E-state index in [1.54, 1.807) is 6.07 Å². The minimum Gasteiger partial charge on any atom is -0.358 e. The Morgan fingerprint density at radius 1 is 1.19 bits per heavy atom. The largest absolute Gasteiger partial charge is 0.358 e. The lowest BCUT2D eigenvalue weighted by Crippen LogP contribution is -2.09. The summed E-state index contributed by atoms with van der Waals surface area (Å²) in [5.41, 5.74) is 3.74. The van der Waals surface area contributed by atoms with Crippen LogP contribution in [0.15, 0.2) is 18.2 Å². The van der Waals surface area contributed by atoms with Gasteiger partial charge in [-0.05, 0) is 48.4 Å². The molecule has 2 aromatic rings. The molecule has 0 bridgehead atoms. The van der Waals surface area contributed by atoms with Crippen LogP contribution in [0, 0.1) is 5.82 Å². The highest BCUT2D eigenvalue weighted by molar-refractivity contribution is 5.85. The van der Waals surface area contributed by atoms with E-state index in [-0.39, 0.29) is 5.82 Å². The van der Waals surface area contributed by atoms with Crippen LogP contribution in [-0.2, 0) is 0 Å². The quantitative estimate of drug-likeness (QED) is 0.677. The smallest absolute Gasteiger partial charge is 0.123 e. The molecule has 0 fully saturated rings. The maximum absolute atomic E-state index is 13.3. The number of nitrogens with one attached hydrogen (secondary N) is 1. The van der Waals surface area contributed by atoms with Crippen molar-refractivity contribution in [1.82, 2.24) is 4.98 Å². The number of hydrogen-bond donors (Lipinski definition) is 1. The molecular formula is C14H16FN. The predicted molar refractivity (Wildman–Crippen MR) is 64.3 cm³/mol. The van der Waals surface area contributed by atoms with E-state index >= 15 is 0 Å². The Morgan fingerprint density at radius 3 is 2.75 bits per heavy atom. The summed E-state index contributed by atoms with van der Waals surface area (Å²) >= 11 is 0. The predicted octanol–water partition coefficient (Wildman–Crippen LogP) is 4.31. The molecule has 1 aromatic carbocycles. The van der Waals surface area contributed by atoms with Gasteiger partial charge in [0.2, 0.25) is 0 Å². The molecule has 0 spiro atoms. The maximum atomic E-state index is 13.3. The van der Waals surface area contributed by atoms with Crippen LogP contribution >= 0.6 is 0 Å². The van der Waals surface area contributed by atoms with E-state index in [1.165, 1.54) is 30.2 Å². The van der Waals surface area contributed by atoms with Crippen LogP contribution < -0.4 is 0 Å². The summed E-state index contributed by atoms with van der Waals surface area (Å²) in [6.45, 7) is 4.49. The lowest BCUT2D eigenvalue weighted by Gasteiger charge is -2.24. The van der Waals surface area contributed by atoms with Gasteiger partial charge in [-0.1, -0.05) is 13.8 Å². The number of aromatic nitrogens is 1. The van der Waals surface area contributed by atoms with E-state index in [0.717, 1.165) is 10.9 Å². The molecule has 0 radical (unpaired) electrons. The number of benzene rings is 1. The second kappa shape index (κ2) is 3.34. The van der Waals surface area contributed by atoms with Gasteiger partial charge in [0, 0.05) is 16.6 Å². The lowest BCUT2D eigenvalue weighted by molar-refractivity contribution is 0.523. The van der Waals surface area contributed by atoms with Crippen molar-refractivity contribution in [2.45, 2.75) is 38.5 Å². The van der Waals surface area contributed by atoms with E-state index in [1.807, 2.05) is 6.07 Å². The van der Waals surface area contributed by atoms with Crippen molar-refractivity contribution in [1.29, 1.82) is 0 Å². The average Bonchev–Trinajstić information content (AvgIpc) is 2.63. The molecule has 1 nitrogen and oxygen atoms in total. The van der Waals surface area contributed by atoms with Crippen molar-refractivity contribution in [2.24, 2.45) is 0 Å².